The van der Waals surface area contributed by atoms with Crippen molar-refractivity contribution in [2.75, 3.05) is 7.11 Å². The molecule has 0 aromatic heterocycles. The zero-order valence-electron chi connectivity index (χ0n) is 16.3. The summed E-state index contributed by atoms with van der Waals surface area (Å²) in [5.41, 5.74) is 3.72. The summed E-state index contributed by atoms with van der Waals surface area (Å²) in [5.74, 6) is 1.77. The number of hydrogen-bond donors (Lipinski definition) is 0. The molecule has 0 unspecified atom stereocenters. The van der Waals surface area contributed by atoms with Crippen LogP contribution in [0, 0.1) is 0 Å². The van der Waals surface area contributed by atoms with Crippen molar-refractivity contribution in [2.45, 2.75) is 25.1 Å². The van der Waals surface area contributed by atoms with Gasteiger partial charge in [0.05, 0.1) is 18.9 Å². The van der Waals surface area contributed by atoms with Gasteiger partial charge in [-0.1, -0.05) is 46.3 Å². The Kier molecular flexibility index (Phi) is 4.36. The molecule has 4 nitrogen and oxygen atoms in total. The van der Waals surface area contributed by atoms with E-state index in [1.165, 1.54) is 5.56 Å². The summed E-state index contributed by atoms with van der Waals surface area (Å²) in [5, 5.41) is 7.18. The van der Waals surface area contributed by atoms with E-state index in [9.17, 15) is 0 Å². The molecule has 5 rings (SSSR count). The maximum Gasteiger partial charge on any atom is 0.221 e. The SMILES string of the molecule is COc1ccc(C2=NN3[C@H](C2)c2ccccc2O[C@@]3(C)c2ccc(Br)cc2)cc1. The fraction of sp³-hybridized carbons (Fsp3) is 0.208. The van der Waals surface area contributed by atoms with Crippen LogP contribution in [0.5, 0.6) is 11.5 Å². The van der Waals surface area contributed by atoms with Gasteiger partial charge in [-0.05, 0) is 48.0 Å². The molecule has 2 aliphatic rings. The molecule has 2 atom stereocenters. The molecule has 3 aromatic rings. The van der Waals surface area contributed by atoms with Crippen LogP contribution in [0.25, 0.3) is 0 Å². The molecule has 0 spiro atoms. The Morgan fingerprint density at radius 3 is 2.48 bits per heavy atom. The van der Waals surface area contributed by atoms with Gasteiger partial charge in [0.1, 0.15) is 11.5 Å². The Labute approximate surface area is 178 Å². The van der Waals surface area contributed by atoms with Gasteiger partial charge in [-0.2, -0.15) is 5.10 Å². The number of ether oxygens (including phenoxy) is 2. The Morgan fingerprint density at radius 1 is 1.03 bits per heavy atom. The molecule has 0 radical (unpaired) electrons. The van der Waals surface area contributed by atoms with E-state index in [2.05, 4.69) is 70.3 Å². The minimum Gasteiger partial charge on any atom is -0.497 e. The van der Waals surface area contributed by atoms with Gasteiger partial charge in [0, 0.05) is 28.9 Å². The van der Waals surface area contributed by atoms with Gasteiger partial charge in [-0.15, -0.1) is 0 Å². The smallest absolute Gasteiger partial charge is 0.221 e. The van der Waals surface area contributed by atoms with Gasteiger partial charge in [-0.3, -0.25) is 0 Å². The first-order valence-corrected chi connectivity index (χ1v) is 10.4. The lowest BCUT2D eigenvalue weighted by Gasteiger charge is -2.46. The Bertz CT molecular complexity index is 1080. The Morgan fingerprint density at radius 2 is 1.76 bits per heavy atom. The number of methoxy groups -OCH3 is 1. The summed E-state index contributed by atoms with van der Waals surface area (Å²) in [7, 11) is 1.68. The second kappa shape index (κ2) is 6.92. The lowest BCUT2D eigenvalue weighted by atomic mass is 9.92. The quantitative estimate of drug-likeness (QED) is 0.501. The molecule has 5 heteroatoms. The zero-order chi connectivity index (χ0) is 20.0. The van der Waals surface area contributed by atoms with E-state index in [1.807, 2.05) is 30.3 Å². The predicted molar refractivity (Wildman–Crippen MR) is 117 cm³/mol. The second-order valence-corrected chi connectivity index (χ2v) is 8.39. The van der Waals surface area contributed by atoms with Crippen LogP contribution in [-0.2, 0) is 5.72 Å². The van der Waals surface area contributed by atoms with E-state index in [-0.39, 0.29) is 6.04 Å². The van der Waals surface area contributed by atoms with E-state index in [1.54, 1.807) is 7.11 Å². The van der Waals surface area contributed by atoms with Crippen molar-refractivity contribution in [1.29, 1.82) is 0 Å². The number of hydrazone groups is 1. The summed E-state index contributed by atoms with van der Waals surface area (Å²) in [6.45, 7) is 2.10. The van der Waals surface area contributed by atoms with Crippen molar-refractivity contribution in [1.82, 2.24) is 5.01 Å². The minimum absolute atomic E-state index is 0.130. The highest BCUT2D eigenvalue weighted by Gasteiger charge is 2.48. The largest absolute Gasteiger partial charge is 0.497 e. The fourth-order valence-electron chi connectivity index (χ4n) is 4.16. The molecule has 0 saturated heterocycles. The molecular formula is C24H21BrN2O2. The van der Waals surface area contributed by atoms with E-state index in [4.69, 9.17) is 14.6 Å². The average molecular weight is 449 g/mol. The highest BCUT2D eigenvalue weighted by Crippen LogP contribution is 2.50. The van der Waals surface area contributed by atoms with Gasteiger partial charge in [0.25, 0.3) is 0 Å². The highest BCUT2D eigenvalue weighted by molar-refractivity contribution is 9.10. The van der Waals surface area contributed by atoms with E-state index >= 15 is 0 Å². The summed E-state index contributed by atoms with van der Waals surface area (Å²) in [6.07, 6.45) is 0.832. The molecule has 0 saturated carbocycles. The van der Waals surface area contributed by atoms with E-state index < -0.39 is 5.72 Å². The molecule has 0 amide bonds. The summed E-state index contributed by atoms with van der Waals surface area (Å²) >= 11 is 3.53. The Hall–Kier alpha value is -2.79. The third-order valence-electron chi connectivity index (χ3n) is 5.74. The first-order chi connectivity index (χ1) is 14.1. The van der Waals surface area contributed by atoms with Crippen molar-refractivity contribution in [3.63, 3.8) is 0 Å². The topological polar surface area (TPSA) is 34.1 Å². The maximum absolute atomic E-state index is 6.56. The average Bonchev–Trinajstić information content (AvgIpc) is 3.21. The van der Waals surface area contributed by atoms with E-state index in [0.717, 1.165) is 39.2 Å². The Balaban J connectivity index is 1.61. The van der Waals surface area contributed by atoms with Crippen LogP contribution in [-0.4, -0.2) is 17.8 Å². The summed E-state index contributed by atoms with van der Waals surface area (Å²) in [4.78, 5) is 0. The van der Waals surface area contributed by atoms with Crippen molar-refractivity contribution >= 4 is 21.6 Å². The molecule has 2 aliphatic heterocycles. The monoisotopic (exact) mass is 448 g/mol. The van der Waals surface area contributed by atoms with Crippen LogP contribution in [0.15, 0.2) is 82.4 Å². The zero-order valence-corrected chi connectivity index (χ0v) is 17.9. The lowest BCUT2D eigenvalue weighted by Crippen LogP contribution is -2.48. The van der Waals surface area contributed by atoms with Crippen LogP contribution in [0.1, 0.15) is 36.1 Å². The number of fused-ring (bicyclic) bond motifs is 3. The summed E-state index contributed by atoms with van der Waals surface area (Å²) in [6, 6.07) is 24.8. The maximum atomic E-state index is 6.56. The van der Waals surface area contributed by atoms with Crippen LogP contribution < -0.4 is 9.47 Å². The lowest BCUT2D eigenvalue weighted by molar-refractivity contribution is -0.112. The van der Waals surface area contributed by atoms with Crippen molar-refractivity contribution < 1.29 is 9.47 Å². The first-order valence-electron chi connectivity index (χ1n) is 9.64. The molecule has 0 fully saturated rings. The van der Waals surface area contributed by atoms with Crippen molar-refractivity contribution in [3.8, 4) is 11.5 Å². The van der Waals surface area contributed by atoms with E-state index in [0.29, 0.717) is 0 Å². The predicted octanol–water partition coefficient (Wildman–Crippen LogP) is 5.87. The third kappa shape index (κ3) is 3.01. The number of nitrogens with zero attached hydrogens (tertiary/aromatic N) is 2. The third-order valence-corrected chi connectivity index (χ3v) is 6.27. The number of halogens is 1. The first kappa shape index (κ1) is 18.3. The van der Waals surface area contributed by atoms with Crippen LogP contribution in [0.4, 0.5) is 0 Å². The van der Waals surface area contributed by atoms with Crippen molar-refractivity contribution in [2.24, 2.45) is 5.10 Å². The summed E-state index contributed by atoms with van der Waals surface area (Å²) < 4.78 is 12.9. The number of benzene rings is 3. The normalized spacial score (nSPS) is 22.4. The molecule has 0 N–H and O–H groups in total. The van der Waals surface area contributed by atoms with Gasteiger partial charge in [-0.25, -0.2) is 5.01 Å². The van der Waals surface area contributed by atoms with Crippen LogP contribution in [0.2, 0.25) is 0 Å². The molecular weight excluding hydrogens is 428 g/mol. The second-order valence-electron chi connectivity index (χ2n) is 7.47. The van der Waals surface area contributed by atoms with Crippen molar-refractivity contribution in [3.05, 3.63) is 94.0 Å². The van der Waals surface area contributed by atoms with Gasteiger partial charge < -0.3 is 9.47 Å². The molecule has 2 heterocycles. The van der Waals surface area contributed by atoms with Gasteiger partial charge in [0.2, 0.25) is 5.72 Å². The number of rotatable bonds is 3. The standard InChI is InChI=1S/C24H21BrN2O2/c1-24(17-9-11-18(25)12-10-17)27-22(20-5-3-4-6-23(20)29-24)15-21(26-27)16-7-13-19(28-2)14-8-16/h3-14,22H,15H2,1-2H3/t22-,24+/m1/s1. The molecule has 146 valence electrons. The van der Waals surface area contributed by atoms with Crippen LogP contribution in [0.3, 0.4) is 0 Å². The fourth-order valence-corrected chi connectivity index (χ4v) is 4.43. The molecule has 0 aliphatic carbocycles. The van der Waals surface area contributed by atoms with Crippen LogP contribution >= 0.6 is 15.9 Å². The highest BCUT2D eigenvalue weighted by atomic mass is 79.9. The number of hydrogen-bond acceptors (Lipinski definition) is 4. The van der Waals surface area contributed by atoms with Gasteiger partial charge in [0.15, 0.2) is 0 Å². The minimum atomic E-state index is -0.687. The molecule has 29 heavy (non-hydrogen) atoms. The molecule has 0 bridgehead atoms. The molecule has 3 aromatic carbocycles. The van der Waals surface area contributed by atoms with Gasteiger partial charge >= 0.3 is 0 Å². The number of para-hydroxylation sites is 1.